The zero-order chi connectivity index (χ0) is 27.6. The van der Waals surface area contributed by atoms with Crippen LogP contribution in [0.4, 0.5) is 5.69 Å². The number of anilines is 1. The molecule has 2 amide bonds. The first-order valence-electron chi connectivity index (χ1n) is 12.8. The number of nitrogens with one attached hydrogen (secondary N) is 2. The summed E-state index contributed by atoms with van der Waals surface area (Å²) < 4.78 is 11.9. The molecule has 1 aromatic heterocycles. The van der Waals surface area contributed by atoms with Crippen LogP contribution < -0.4 is 20.1 Å². The lowest BCUT2D eigenvalue weighted by atomic mass is 9.93. The molecule has 1 saturated carbocycles. The lowest BCUT2D eigenvalue weighted by Gasteiger charge is -2.29. The summed E-state index contributed by atoms with van der Waals surface area (Å²) in [5.74, 6) is 0.224. The quantitative estimate of drug-likeness (QED) is 0.311. The molecule has 1 aliphatic carbocycles. The van der Waals surface area contributed by atoms with Crippen LogP contribution in [0.15, 0.2) is 79.0 Å². The van der Waals surface area contributed by atoms with Gasteiger partial charge in [0.25, 0.3) is 0 Å². The topological polar surface area (TPSA) is 127 Å². The molecule has 3 aromatic rings. The van der Waals surface area contributed by atoms with E-state index in [2.05, 4.69) is 15.6 Å². The standard InChI is InChI=1S/C30H31N3O6/c1-2-5-27(34)32-21-9-11-22(12-10-21)38-23-13-15-24(16-14-23)39-29-17-8-20(19-31-29)18-28(35)33-26-7-4-3-6-25(26)30(36)37/h2-8,13-17,19,21-22H,9-12,18H2,1H3,(H,32,34)(H,33,35)(H,36,37)/b5-2+. The van der Waals surface area contributed by atoms with Crippen molar-refractivity contribution in [3.63, 3.8) is 0 Å². The lowest BCUT2D eigenvalue weighted by Crippen LogP contribution is -2.38. The number of carboxylic acids is 1. The third-order valence-corrected chi connectivity index (χ3v) is 6.28. The second-order valence-electron chi connectivity index (χ2n) is 9.25. The minimum absolute atomic E-state index is 0.0298. The molecule has 3 N–H and O–H groups in total. The number of aromatic carboxylic acids is 1. The van der Waals surface area contributed by atoms with Gasteiger partial charge in [0, 0.05) is 18.3 Å². The normalized spacial score (nSPS) is 16.8. The molecule has 0 unspecified atom stereocenters. The maximum atomic E-state index is 12.4. The number of amides is 2. The number of para-hydroxylation sites is 1. The molecular weight excluding hydrogens is 498 g/mol. The minimum atomic E-state index is -1.11. The fraction of sp³-hybridized carbons (Fsp3) is 0.267. The summed E-state index contributed by atoms with van der Waals surface area (Å²) in [4.78, 5) is 39.7. The van der Waals surface area contributed by atoms with Gasteiger partial charge in [-0.1, -0.05) is 24.3 Å². The van der Waals surface area contributed by atoms with Crippen molar-refractivity contribution in [2.75, 3.05) is 5.32 Å². The summed E-state index contributed by atoms with van der Waals surface area (Å²) in [5.41, 5.74) is 0.936. The van der Waals surface area contributed by atoms with Gasteiger partial charge >= 0.3 is 5.97 Å². The van der Waals surface area contributed by atoms with E-state index in [9.17, 15) is 19.5 Å². The fourth-order valence-corrected chi connectivity index (χ4v) is 4.36. The van der Waals surface area contributed by atoms with Crippen molar-refractivity contribution in [1.82, 2.24) is 10.3 Å². The van der Waals surface area contributed by atoms with Crippen molar-refractivity contribution in [2.24, 2.45) is 0 Å². The molecule has 4 rings (SSSR count). The molecule has 9 nitrogen and oxygen atoms in total. The number of carbonyl (C=O) groups excluding carboxylic acids is 2. The maximum absolute atomic E-state index is 12.4. The Morgan fingerprint density at radius 3 is 2.36 bits per heavy atom. The number of carboxylic acid groups (broad SMARTS) is 1. The Morgan fingerprint density at radius 1 is 0.974 bits per heavy atom. The molecule has 9 heteroatoms. The molecule has 0 aliphatic heterocycles. The van der Waals surface area contributed by atoms with Gasteiger partial charge in [-0.2, -0.15) is 0 Å². The van der Waals surface area contributed by atoms with Crippen molar-refractivity contribution in [3.8, 4) is 17.4 Å². The second kappa shape index (κ2) is 13.2. The van der Waals surface area contributed by atoms with E-state index in [1.807, 2.05) is 19.1 Å². The van der Waals surface area contributed by atoms with E-state index in [0.29, 0.717) is 17.2 Å². The number of aromatic nitrogens is 1. The maximum Gasteiger partial charge on any atom is 0.337 e. The summed E-state index contributed by atoms with van der Waals surface area (Å²) in [7, 11) is 0. The van der Waals surface area contributed by atoms with E-state index < -0.39 is 5.97 Å². The molecule has 1 heterocycles. The molecule has 0 spiro atoms. The molecule has 39 heavy (non-hydrogen) atoms. The average Bonchev–Trinajstić information content (AvgIpc) is 2.92. The molecule has 1 aliphatic rings. The Hall–Kier alpha value is -4.66. The highest BCUT2D eigenvalue weighted by Crippen LogP contribution is 2.27. The number of benzene rings is 2. The summed E-state index contributed by atoms with van der Waals surface area (Å²) in [6, 6.07) is 17.2. The van der Waals surface area contributed by atoms with E-state index in [1.165, 1.54) is 6.07 Å². The number of nitrogens with zero attached hydrogens (tertiary/aromatic N) is 1. The average molecular weight is 530 g/mol. The molecule has 0 bridgehead atoms. The Bertz CT molecular complexity index is 1310. The van der Waals surface area contributed by atoms with Crippen LogP contribution in [-0.4, -0.2) is 40.0 Å². The van der Waals surface area contributed by atoms with Crippen LogP contribution in [0.5, 0.6) is 17.4 Å². The number of hydrogen-bond donors (Lipinski definition) is 3. The highest BCUT2D eigenvalue weighted by Gasteiger charge is 2.23. The number of pyridine rings is 1. The van der Waals surface area contributed by atoms with E-state index >= 15 is 0 Å². The molecule has 2 aromatic carbocycles. The highest BCUT2D eigenvalue weighted by molar-refractivity contribution is 6.01. The number of hydrogen-bond acceptors (Lipinski definition) is 6. The van der Waals surface area contributed by atoms with E-state index in [4.69, 9.17) is 9.47 Å². The molecular formula is C30H31N3O6. The summed E-state index contributed by atoms with van der Waals surface area (Å²) in [5, 5.41) is 14.9. The summed E-state index contributed by atoms with van der Waals surface area (Å²) >= 11 is 0. The number of carbonyl (C=O) groups is 3. The van der Waals surface area contributed by atoms with Gasteiger partial charge in [0.2, 0.25) is 17.7 Å². The number of allylic oxidation sites excluding steroid dienone is 1. The van der Waals surface area contributed by atoms with Crippen molar-refractivity contribution in [2.45, 2.75) is 51.2 Å². The predicted molar refractivity (Wildman–Crippen MR) is 146 cm³/mol. The molecule has 0 radical (unpaired) electrons. The fourth-order valence-electron chi connectivity index (χ4n) is 4.36. The highest BCUT2D eigenvalue weighted by atomic mass is 16.5. The first-order chi connectivity index (χ1) is 18.9. The van der Waals surface area contributed by atoms with Crippen LogP contribution in [0.25, 0.3) is 0 Å². The van der Waals surface area contributed by atoms with Crippen LogP contribution in [0.2, 0.25) is 0 Å². The Balaban J connectivity index is 1.23. The predicted octanol–water partition coefficient (Wildman–Crippen LogP) is 5.14. The largest absolute Gasteiger partial charge is 0.490 e. The summed E-state index contributed by atoms with van der Waals surface area (Å²) in [6.45, 7) is 1.82. The Morgan fingerprint density at radius 2 is 1.69 bits per heavy atom. The van der Waals surface area contributed by atoms with Gasteiger partial charge in [-0.3, -0.25) is 9.59 Å². The Labute approximate surface area is 226 Å². The van der Waals surface area contributed by atoms with E-state index in [1.54, 1.807) is 60.8 Å². The zero-order valence-electron chi connectivity index (χ0n) is 21.6. The SMILES string of the molecule is C/C=C/C(=O)NC1CCC(Oc2ccc(Oc3ccc(CC(=O)Nc4ccccc4C(=O)O)cn3)cc2)CC1. The van der Waals surface area contributed by atoms with Gasteiger partial charge < -0.3 is 25.2 Å². The van der Waals surface area contributed by atoms with Gasteiger partial charge in [0.05, 0.1) is 23.8 Å². The first kappa shape index (κ1) is 27.4. The van der Waals surface area contributed by atoms with Crippen LogP contribution in [0.1, 0.15) is 48.5 Å². The van der Waals surface area contributed by atoms with Crippen molar-refractivity contribution in [3.05, 3.63) is 90.1 Å². The smallest absolute Gasteiger partial charge is 0.337 e. The zero-order valence-corrected chi connectivity index (χ0v) is 21.6. The van der Waals surface area contributed by atoms with Crippen LogP contribution in [0, 0.1) is 0 Å². The van der Waals surface area contributed by atoms with Gasteiger partial charge in [-0.25, -0.2) is 9.78 Å². The third-order valence-electron chi connectivity index (χ3n) is 6.28. The Kier molecular flexibility index (Phi) is 9.29. The number of ether oxygens (including phenoxy) is 2. The number of rotatable bonds is 10. The van der Waals surface area contributed by atoms with E-state index in [0.717, 1.165) is 31.4 Å². The molecule has 1 fully saturated rings. The van der Waals surface area contributed by atoms with Gasteiger partial charge in [0.15, 0.2) is 0 Å². The minimum Gasteiger partial charge on any atom is -0.490 e. The van der Waals surface area contributed by atoms with E-state index in [-0.39, 0.29) is 41.6 Å². The van der Waals surface area contributed by atoms with Crippen molar-refractivity contribution >= 4 is 23.5 Å². The van der Waals surface area contributed by atoms with Crippen LogP contribution >= 0.6 is 0 Å². The molecule has 202 valence electrons. The molecule has 0 saturated heterocycles. The van der Waals surface area contributed by atoms with Crippen LogP contribution in [-0.2, 0) is 16.0 Å². The summed E-state index contributed by atoms with van der Waals surface area (Å²) in [6.07, 6.45) is 8.49. The lowest BCUT2D eigenvalue weighted by molar-refractivity contribution is -0.117. The van der Waals surface area contributed by atoms with Gasteiger partial charge in [0.1, 0.15) is 11.5 Å². The monoisotopic (exact) mass is 529 g/mol. The first-order valence-corrected chi connectivity index (χ1v) is 12.8. The van der Waals surface area contributed by atoms with Crippen molar-refractivity contribution in [1.29, 1.82) is 0 Å². The third kappa shape index (κ3) is 8.16. The van der Waals surface area contributed by atoms with Crippen molar-refractivity contribution < 1.29 is 29.0 Å². The van der Waals surface area contributed by atoms with Gasteiger partial charge in [-0.05, 0) is 80.6 Å². The second-order valence-corrected chi connectivity index (χ2v) is 9.25. The van der Waals surface area contributed by atoms with Gasteiger partial charge in [-0.15, -0.1) is 0 Å². The molecule has 0 atom stereocenters. The van der Waals surface area contributed by atoms with Crippen LogP contribution in [0.3, 0.4) is 0 Å².